The minimum atomic E-state index is -4.47. The normalized spacial score (nSPS) is 11.8. The zero-order valence-electron chi connectivity index (χ0n) is 16.2. The van der Waals surface area contributed by atoms with Gasteiger partial charge in [0.1, 0.15) is 0 Å². The molecule has 0 spiro atoms. The number of pyridine rings is 1. The van der Waals surface area contributed by atoms with Crippen molar-refractivity contribution in [3.8, 4) is 5.82 Å². The average molecular weight is 431 g/mol. The van der Waals surface area contributed by atoms with Crippen molar-refractivity contribution in [2.24, 2.45) is 0 Å². The molecule has 3 aromatic heterocycles. The first kappa shape index (κ1) is 20.0. The number of hydrogen-bond donors (Lipinski definition) is 1. The molecule has 0 atom stereocenters. The van der Waals surface area contributed by atoms with E-state index in [4.69, 9.17) is 0 Å². The van der Waals surface area contributed by atoms with E-state index in [-0.39, 0.29) is 11.4 Å². The molecule has 0 saturated carbocycles. The molecule has 0 aliphatic carbocycles. The Morgan fingerprint density at radius 2 is 1.90 bits per heavy atom. The van der Waals surface area contributed by atoms with E-state index in [2.05, 4.69) is 20.4 Å². The number of aryl methyl sites for hydroxylation is 2. The molecule has 30 heavy (non-hydrogen) atoms. The number of carbonyl (C=O) groups is 1. The molecule has 6 nitrogen and oxygen atoms in total. The maximum Gasteiger partial charge on any atom is 0.417 e. The molecule has 0 unspecified atom stereocenters. The van der Waals surface area contributed by atoms with Gasteiger partial charge in [0.2, 0.25) is 0 Å². The molecule has 10 heteroatoms. The molecule has 4 aromatic rings. The fourth-order valence-electron chi connectivity index (χ4n) is 3.13. The van der Waals surface area contributed by atoms with Gasteiger partial charge in [-0.05, 0) is 50.1 Å². The number of hydrogen-bond acceptors (Lipinski definition) is 5. The molecule has 4 rings (SSSR count). The summed E-state index contributed by atoms with van der Waals surface area (Å²) in [5.74, 6) is -0.218. The van der Waals surface area contributed by atoms with Gasteiger partial charge in [0.15, 0.2) is 10.9 Å². The van der Waals surface area contributed by atoms with Crippen LogP contribution < -0.4 is 5.32 Å². The monoisotopic (exact) mass is 431 g/mol. The van der Waals surface area contributed by atoms with Gasteiger partial charge < -0.3 is 0 Å². The lowest BCUT2D eigenvalue weighted by Crippen LogP contribution is -2.13. The van der Waals surface area contributed by atoms with Crippen molar-refractivity contribution in [1.29, 1.82) is 0 Å². The topological polar surface area (TPSA) is 72.7 Å². The number of alkyl halides is 3. The Kier molecular flexibility index (Phi) is 4.81. The van der Waals surface area contributed by atoms with Gasteiger partial charge in [-0.25, -0.2) is 14.6 Å². The number of nitrogens with zero attached hydrogens (tertiary/aromatic N) is 4. The molecular formula is C20H16F3N5OS. The Bertz CT molecular complexity index is 1260. The number of carbonyl (C=O) groups excluding carboxylic acids is 1. The van der Waals surface area contributed by atoms with Crippen LogP contribution in [0.2, 0.25) is 0 Å². The summed E-state index contributed by atoms with van der Waals surface area (Å²) in [5, 5.41) is 7.34. The van der Waals surface area contributed by atoms with Crippen molar-refractivity contribution < 1.29 is 18.0 Å². The van der Waals surface area contributed by atoms with Crippen LogP contribution in [-0.2, 0) is 6.18 Å². The van der Waals surface area contributed by atoms with Crippen LogP contribution >= 0.6 is 11.3 Å². The first-order chi connectivity index (χ1) is 14.1. The second-order valence-electron chi connectivity index (χ2n) is 6.86. The molecule has 0 aliphatic heterocycles. The fraction of sp³-hybridized carbons (Fsp3) is 0.200. The predicted octanol–water partition coefficient (Wildman–Crippen LogP) is 5.07. The van der Waals surface area contributed by atoms with Crippen LogP contribution in [0.25, 0.3) is 16.0 Å². The molecule has 154 valence electrons. The summed E-state index contributed by atoms with van der Waals surface area (Å²) in [4.78, 5) is 21.0. The van der Waals surface area contributed by atoms with E-state index in [0.29, 0.717) is 10.8 Å². The van der Waals surface area contributed by atoms with Crippen molar-refractivity contribution in [3.05, 3.63) is 64.6 Å². The highest BCUT2D eigenvalue weighted by Crippen LogP contribution is 2.30. The highest BCUT2D eigenvalue weighted by molar-refractivity contribution is 7.22. The highest BCUT2D eigenvalue weighted by atomic mass is 32.1. The Hall–Kier alpha value is -3.27. The number of nitrogens with one attached hydrogen (secondary N) is 1. The maximum absolute atomic E-state index is 12.7. The van der Waals surface area contributed by atoms with E-state index in [9.17, 15) is 18.0 Å². The second-order valence-corrected chi connectivity index (χ2v) is 7.89. The number of thiazole rings is 1. The van der Waals surface area contributed by atoms with E-state index in [1.165, 1.54) is 28.3 Å². The van der Waals surface area contributed by atoms with Crippen molar-refractivity contribution >= 4 is 32.6 Å². The van der Waals surface area contributed by atoms with Crippen LogP contribution in [0.15, 0.2) is 36.7 Å². The molecule has 0 radical (unpaired) electrons. The van der Waals surface area contributed by atoms with Gasteiger partial charge in [0, 0.05) is 6.20 Å². The third-order valence-electron chi connectivity index (χ3n) is 4.60. The summed E-state index contributed by atoms with van der Waals surface area (Å²) < 4.78 is 40.5. The lowest BCUT2D eigenvalue weighted by atomic mass is 10.1. The molecule has 1 aromatic carbocycles. The van der Waals surface area contributed by atoms with E-state index in [1.54, 1.807) is 6.92 Å². The second kappa shape index (κ2) is 7.21. The Balaban J connectivity index is 1.59. The molecule has 0 saturated heterocycles. The van der Waals surface area contributed by atoms with E-state index in [1.807, 2.05) is 26.0 Å². The standard InChI is InChI=1S/C20H16F3N5OS/c1-10-6-11(2)17-15(7-10)30-19(26-17)27-18(29)14-9-25-28(12(14)3)16-5-4-13(8-24-16)20(21,22)23/h4-9H,1-3H3,(H,26,27,29). The van der Waals surface area contributed by atoms with Gasteiger partial charge in [-0.15, -0.1) is 0 Å². The van der Waals surface area contributed by atoms with Crippen LogP contribution in [0.5, 0.6) is 0 Å². The van der Waals surface area contributed by atoms with Gasteiger partial charge in [-0.3, -0.25) is 10.1 Å². The smallest absolute Gasteiger partial charge is 0.298 e. The number of amides is 1. The summed E-state index contributed by atoms with van der Waals surface area (Å²) in [7, 11) is 0. The Labute approximate surface area is 173 Å². The van der Waals surface area contributed by atoms with Crippen molar-refractivity contribution in [3.63, 3.8) is 0 Å². The van der Waals surface area contributed by atoms with Crippen molar-refractivity contribution in [2.45, 2.75) is 26.9 Å². The quantitative estimate of drug-likeness (QED) is 0.491. The third kappa shape index (κ3) is 3.65. The summed E-state index contributed by atoms with van der Waals surface area (Å²) in [5.41, 5.74) is 2.86. The van der Waals surface area contributed by atoms with Crippen LogP contribution in [0.4, 0.5) is 18.3 Å². The van der Waals surface area contributed by atoms with Crippen molar-refractivity contribution in [1.82, 2.24) is 19.7 Å². The molecule has 3 heterocycles. The largest absolute Gasteiger partial charge is 0.417 e. The molecule has 0 bridgehead atoms. The summed E-state index contributed by atoms with van der Waals surface area (Å²) in [6.45, 7) is 5.61. The lowest BCUT2D eigenvalue weighted by molar-refractivity contribution is -0.137. The van der Waals surface area contributed by atoms with Crippen molar-refractivity contribution in [2.75, 3.05) is 5.32 Å². The number of rotatable bonds is 3. The van der Waals surface area contributed by atoms with Crippen LogP contribution in [0.3, 0.4) is 0 Å². The molecule has 1 amide bonds. The first-order valence-corrected chi connectivity index (χ1v) is 9.72. The summed E-state index contributed by atoms with van der Waals surface area (Å²) >= 11 is 1.37. The highest BCUT2D eigenvalue weighted by Gasteiger charge is 2.30. The first-order valence-electron chi connectivity index (χ1n) is 8.91. The van der Waals surface area contributed by atoms with Crippen LogP contribution in [-0.4, -0.2) is 25.7 Å². The predicted molar refractivity (Wildman–Crippen MR) is 108 cm³/mol. The minimum absolute atomic E-state index is 0.186. The summed E-state index contributed by atoms with van der Waals surface area (Å²) in [6.07, 6.45) is -2.38. The van der Waals surface area contributed by atoms with Gasteiger partial charge in [0.25, 0.3) is 5.91 Å². The van der Waals surface area contributed by atoms with Crippen LogP contribution in [0, 0.1) is 20.8 Å². The molecule has 0 aliphatic rings. The number of halogens is 3. The Morgan fingerprint density at radius 3 is 2.57 bits per heavy atom. The van der Waals surface area contributed by atoms with E-state index >= 15 is 0 Å². The van der Waals surface area contributed by atoms with Gasteiger partial charge in [-0.1, -0.05) is 17.4 Å². The van der Waals surface area contributed by atoms with E-state index < -0.39 is 17.6 Å². The number of benzene rings is 1. The SMILES string of the molecule is Cc1cc(C)c2nc(NC(=O)c3cnn(-c4ccc(C(F)(F)F)cn4)c3C)sc2c1. The average Bonchev–Trinajstić information content (AvgIpc) is 3.24. The van der Waals surface area contributed by atoms with Gasteiger partial charge in [-0.2, -0.15) is 18.3 Å². The third-order valence-corrected chi connectivity index (χ3v) is 5.51. The zero-order valence-corrected chi connectivity index (χ0v) is 17.0. The van der Waals surface area contributed by atoms with Crippen LogP contribution in [0.1, 0.15) is 32.7 Å². The van der Waals surface area contributed by atoms with E-state index in [0.717, 1.165) is 33.6 Å². The van der Waals surface area contributed by atoms with Gasteiger partial charge in [0.05, 0.1) is 33.2 Å². The minimum Gasteiger partial charge on any atom is -0.298 e. The van der Waals surface area contributed by atoms with Gasteiger partial charge >= 0.3 is 6.18 Å². The molecule has 0 fully saturated rings. The number of aromatic nitrogens is 4. The zero-order chi connectivity index (χ0) is 21.6. The molecule has 1 N–H and O–H groups in total. The maximum atomic E-state index is 12.7. The lowest BCUT2D eigenvalue weighted by Gasteiger charge is -2.08. The number of anilines is 1. The fourth-order valence-corrected chi connectivity index (χ4v) is 4.17. The Morgan fingerprint density at radius 1 is 1.13 bits per heavy atom. The summed E-state index contributed by atoms with van der Waals surface area (Å²) in [6, 6.07) is 6.17. The number of fused-ring (bicyclic) bond motifs is 1. The molecular weight excluding hydrogens is 415 g/mol.